The van der Waals surface area contributed by atoms with Crippen molar-refractivity contribution in [1.29, 1.82) is 0 Å². The van der Waals surface area contributed by atoms with Crippen LogP contribution in [0.15, 0.2) is 0 Å². The number of hydrogen-bond donors (Lipinski definition) is 3. The summed E-state index contributed by atoms with van der Waals surface area (Å²) in [6, 6.07) is 0. The lowest BCUT2D eigenvalue weighted by atomic mass is 10.0. The molecule has 19 heteroatoms. The van der Waals surface area contributed by atoms with Gasteiger partial charge < -0.3 is 33.8 Å². The van der Waals surface area contributed by atoms with Gasteiger partial charge in [0.05, 0.1) is 26.4 Å². The van der Waals surface area contributed by atoms with Gasteiger partial charge in [-0.25, -0.2) is 9.13 Å². The normalized spacial score (nSPS) is 13.7. The lowest BCUT2D eigenvalue weighted by Gasteiger charge is -2.21. The molecule has 0 aliphatic rings. The van der Waals surface area contributed by atoms with Crippen molar-refractivity contribution >= 4 is 39.5 Å². The van der Waals surface area contributed by atoms with Crippen molar-refractivity contribution in [2.45, 2.75) is 490 Å². The third-order valence-corrected chi connectivity index (χ3v) is 22.4. The summed E-state index contributed by atoms with van der Waals surface area (Å²) in [7, 11) is -9.93. The minimum atomic E-state index is -4.97. The van der Waals surface area contributed by atoms with Crippen LogP contribution in [0.3, 0.4) is 0 Å². The van der Waals surface area contributed by atoms with Gasteiger partial charge in [-0.2, -0.15) is 0 Å². The van der Waals surface area contributed by atoms with E-state index in [0.717, 1.165) is 95.8 Å². The Balaban J connectivity index is 5.25. The van der Waals surface area contributed by atoms with Gasteiger partial charge in [0.25, 0.3) is 0 Å². The largest absolute Gasteiger partial charge is 0.472 e. The second kappa shape index (κ2) is 79.7. The van der Waals surface area contributed by atoms with Crippen LogP contribution < -0.4 is 0 Å². The van der Waals surface area contributed by atoms with Gasteiger partial charge in [0.1, 0.15) is 19.3 Å². The molecule has 17 nitrogen and oxygen atoms in total. The van der Waals surface area contributed by atoms with Gasteiger partial charge in [0.2, 0.25) is 0 Å². The number of ether oxygens (including phenoxy) is 4. The maximum absolute atomic E-state index is 13.2. The van der Waals surface area contributed by atoms with Crippen LogP contribution >= 0.6 is 15.6 Å². The lowest BCUT2D eigenvalue weighted by Crippen LogP contribution is -2.30. The van der Waals surface area contributed by atoms with Gasteiger partial charge >= 0.3 is 39.5 Å². The molecule has 630 valence electrons. The number of carbonyl (C=O) groups excluding carboxylic acids is 4. The minimum absolute atomic E-state index is 0.108. The summed E-state index contributed by atoms with van der Waals surface area (Å²) in [5, 5.41) is 10.7. The molecule has 0 saturated carbocycles. The van der Waals surface area contributed by atoms with Crippen LogP contribution in [0.4, 0.5) is 0 Å². The second-order valence-corrected chi connectivity index (χ2v) is 34.7. The lowest BCUT2D eigenvalue weighted by molar-refractivity contribution is -0.161. The smallest absolute Gasteiger partial charge is 0.462 e. The average Bonchev–Trinajstić information content (AvgIpc) is 0.931. The number of aliphatic hydroxyl groups is 1. The molecule has 5 atom stereocenters. The van der Waals surface area contributed by atoms with E-state index < -0.39 is 97.5 Å². The Morgan fingerprint density at radius 3 is 0.642 bits per heavy atom. The van der Waals surface area contributed by atoms with Gasteiger partial charge in [0, 0.05) is 25.7 Å². The second-order valence-electron chi connectivity index (χ2n) is 31.8. The summed E-state index contributed by atoms with van der Waals surface area (Å²) < 4.78 is 69.0. The zero-order valence-electron chi connectivity index (χ0n) is 69.6. The fourth-order valence-electron chi connectivity index (χ4n) is 13.6. The third-order valence-electron chi connectivity index (χ3n) is 20.5. The molecule has 106 heavy (non-hydrogen) atoms. The highest BCUT2D eigenvalue weighted by Gasteiger charge is 2.30. The average molecular weight is 1550 g/mol. The Labute approximate surface area is 651 Å². The Bertz CT molecular complexity index is 2010. The van der Waals surface area contributed by atoms with Gasteiger partial charge in [-0.3, -0.25) is 37.3 Å². The molecular weight excluding hydrogens is 1380 g/mol. The zero-order chi connectivity index (χ0) is 77.6. The van der Waals surface area contributed by atoms with E-state index in [1.165, 1.54) is 295 Å². The van der Waals surface area contributed by atoms with Crippen molar-refractivity contribution in [2.75, 3.05) is 39.6 Å². The number of esters is 4. The predicted octanol–water partition coefficient (Wildman–Crippen LogP) is 26.8. The van der Waals surface area contributed by atoms with E-state index in [1.54, 1.807) is 0 Å². The molecular formula is C87H170O17P2. The summed E-state index contributed by atoms with van der Waals surface area (Å²) in [6.45, 7) is 7.36. The van der Waals surface area contributed by atoms with Crippen LogP contribution in [0.1, 0.15) is 471 Å². The molecule has 0 aromatic carbocycles. The summed E-state index contributed by atoms with van der Waals surface area (Å²) in [5.74, 6) is -1.35. The van der Waals surface area contributed by atoms with Gasteiger partial charge in [-0.05, 0) is 31.6 Å². The molecule has 0 radical (unpaired) electrons. The molecule has 3 N–H and O–H groups in total. The van der Waals surface area contributed by atoms with E-state index in [2.05, 4.69) is 34.6 Å². The van der Waals surface area contributed by atoms with E-state index in [1.807, 2.05) is 0 Å². The molecule has 0 fully saturated rings. The standard InChI is InChI=1S/C87H170O17P2/c1-6-9-12-15-18-21-24-27-30-33-35-36-38-41-44-47-52-58-63-68-73-86(91)103-82(76-97-84(89)70-65-60-55-50-45-42-40-37-34-31-28-25-22-19-16-13-10-7-2)78-101-105(93,94)99-74-81(88)75-100-106(95,96)102-79-83(77-98-85(90)71-66-61-56-53-48-49-54-59-64-69-80(4)5)104-87(92)72-67-62-57-51-46-43-39-32-29-26-23-20-17-14-11-8-3/h80-83,88H,6-79H2,1-5H3,(H,93,94)(H,95,96)/t81-,82-,83-/m1/s1. The Morgan fingerprint density at radius 1 is 0.255 bits per heavy atom. The van der Waals surface area contributed by atoms with E-state index in [0.29, 0.717) is 25.7 Å². The summed E-state index contributed by atoms with van der Waals surface area (Å²) in [5.41, 5.74) is 0. The molecule has 0 aliphatic heterocycles. The van der Waals surface area contributed by atoms with Crippen LogP contribution in [0.2, 0.25) is 0 Å². The first-order valence-electron chi connectivity index (χ1n) is 45.1. The monoisotopic (exact) mass is 1550 g/mol. The zero-order valence-corrected chi connectivity index (χ0v) is 71.4. The minimum Gasteiger partial charge on any atom is -0.462 e. The predicted molar refractivity (Wildman–Crippen MR) is 437 cm³/mol. The number of phosphoric ester groups is 2. The first kappa shape index (κ1) is 104. The fourth-order valence-corrected chi connectivity index (χ4v) is 15.2. The Hall–Kier alpha value is -1.94. The molecule has 2 unspecified atom stereocenters. The van der Waals surface area contributed by atoms with Crippen molar-refractivity contribution in [2.24, 2.45) is 5.92 Å². The molecule has 0 aromatic rings. The summed E-state index contributed by atoms with van der Waals surface area (Å²) in [4.78, 5) is 73.3. The van der Waals surface area contributed by atoms with Crippen LogP contribution in [0.5, 0.6) is 0 Å². The van der Waals surface area contributed by atoms with Crippen molar-refractivity contribution in [3.8, 4) is 0 Å². The van der Waals surface area contributed by atoms with Gasteiger partial charge in [-0.15, -0.1) is 0 Å². The van der Waals surface area contributed by atoms with Crippen molar-refractivity contribution in [3.05, 3.63) is 0 Å². The number of carbonyl (C=O) groups is 4. The van der Waals surface area contributed by atoms with E-state index in [-0.39, 0.29) is 25.7 Å². The van der Waals surface area contributed by atoms with Crippen molar-refractivity contribution in [3.63, 3.8) is 0 Å². The maximum atomic E-state index is 13.2. The Kier molecular flexibility index (Phi) is 78.2. The van der Waals surface area contributed by atoms with Crippen LogP contribution in [-0.4, -0.2) is 96.7 Å². The maximum Gasteiger partial charge on any atom is 0.472 e. The van der Waals surface area contributed by atoms with Gasteiger partial charge in [0.15, 0.2) is 12.2 Å². The molecule has 0 bridgehead atoms. The third kappa shape index (κ3) is 80.1. The van der Waals surface area contributed by atoms with E-state index in [4.69, 9.17) is 37.0 Å². The number of aliphatic hydroxyl groups excluding tert-OH is 1. The first-order chi connectivity index (χ1) is 51.5. The highest BCUT2D eigenvalue weighted by atomic mass is 31.2. The highest BCUT2D eigenvalue weighted by molar-refractivity contribution is 7.47. The van der Waals surface area contributed by atoms with Crippen LogP contribution in [-0.2, 0) is 65.4 Å². The summed E-state index contributed by atoms with van der Waals surface area (Å²) >= 11 is 0. The highest BCUT2D eigenvalue weighted by Crippen LogP contribution is 2.45. The fraction of sp³-hybridized carbons (Fsp3) is 0.954. The number of rotatable bonds is 87. The van der Waals surface area contributed by atoms with Crippen LogP contribution in [0, 0.1) is 5.92 Å². The van der Waals surface area contributed by atoms with E-state index >= 15 is 0 Å². The molecule has 0 aliphatic carbocycles. The topological polar surface area (TPSA) is 237 Å². The SMILES string of the molecule is CCCCCCCCCCCCCCCCCCCCCCC(=O)O[C@H](COC(=O)CCCCCCCCCCCCCCCCCCCC)COP(=O)(O)OC[C@@H](O)COP(=O)(O)OC[C@@H](COC(=O)CCCCCCCCCCCC(C)C)OC(=O)CCCCCCCCCCCCCCCCCC. The van der Waals surface area contributed by atoms with Crippen molar-refractivity contribution in [1.82, 2.24) is 0 Å². The van der Waals surface area contributed by atoms with E-state index in [9.17, 15) is 43.2 Å². The molecule has 0 heterocycles. The number of phosphoric acid groups is 2. The quantitative estimate of drug-likeness (QED) is 0.0222. The van der Waals surface area contributed by atoms with Gasteiger partial charge in [-0.1, -0.05) is 420 Å². The molecule has 0 saturated heterocycles. The van der Waals surface area contributed by atoms with Crippen molar-refractivity contribution < 1.29 is 80.2 Å². The summed E-state index contributed by atoms with van der Waals surface area (Å²) in [6.07, 6.45) is 73.6. The Morgan fingerprint density at radius 2 is 0.434 bits per heavy atom. The first-order valence-corrected chi connectivity index (χ1v) is 48.1. The molecule has 0 aromatic heterocycles. The molecule has 0 spiro atoms. The van der Waals surface area contributed by atoms with Crippen LogP contribution in [0.25, 0.3) is 0 Å². The molecule has 0 rings (SSSR count). The number of hydrogen-bond acceptors (Lipinski definition) is 15. The number of unbranched alkanes of at least 4 members (excludes halogenated alkanes) is 59. The molecule has 0 amide bonds.